The van der Waals surface area contributed by atoms with Gasteiger partial charge in [-0.05, 0) is 30.7 Å². The third kappa shape index (κ3) is 5.22. The van der Waals surface area contributed by atoms with Crippen LogP contribution in [-0.2, 0) is 17.8 Å². The molecule has 1 aromatic carbocycles. The number of nitrogens with one attached hydrogen (secondary N) is 1. The first-order valence-corrected chi connectivity index (χ1v) is 10.7. The van der Waals surface area contributed by atoms with Crippen LogP contribution in [0.2, 0.25) is 0 Å². The predicted molar refractivity (Wildman–Crippen MR) is 109 cm³/mol. The van der Waals surface area contributed by atoms with Crippen LogP contribution in [0.4, 0.5) is 0 Å². The van der Waals surface area contributed by atoms with Crippen LogP contribution in [-0.4, -0.2) is 51.3 Å². The van der Waals surface area contributed by atoms with E-state index < -0.39 is 0 Å². The molecule has 0 radical (unpaired) electrons. The Morgan fingerprint density at radius 3 is 2.72 bits per heavy atom. The molecule has 2 amide bonds. The number of nitrogens with zero attached hydrogens (tertiary/aromatic N) is 4. The molecule has 1 N–H and O–H groups in total. The van der Waals surface area contributed by atoms with Crippen LogP contribution in [0.3, 0.4) is 0 Å². The third-order valence-corrected chi connectivity index (χ3v) is 6.05. The molecule has 1 atom stereocenters. The third-order valence-electron chi connectivity index (χ3n) is 6.05. The maximum atomic E-state index is 12.4. The van der Waals surface area contributed by atoms with Gasteiger partial charge in [-0.3, -0.25) is 14.3 Å². The van der Waals surface area contributed by atoms with Crippen LogP contribution in [0.25, 0.3) is 0 Å². The summed E-state index contributed by atoms with van der Waals surface area (Å²) in [6, 6.07) is 10.2. The van der Waals surface area contributed by atoms with Gasteiger partial charge in [-0.25, -0.2) is 0 Å². The van der Waals surface area contributed by atoms with E-state index in [1.165, 1.54) is 31.2 Å². The number of hydrogen-bond acceptors (Lipinski definition) is 4. The van der Waals surface area contributed by atoms with E-state index in [-0.39, 0.29) is 17.7 Å². The van der Waals surface area contributed by atoms with E-state index in [0.29, 0.717) is 31.1 Å². The Morgan fingerprint density at radius 1 is 1.14 bits per heavy atom. The van der Waals surface area contributed by atoms with Gasteiger partial charge in [-0.1, -0.05) is 48.4 Å². The molecule has 1 aliphatic heterocycles. The lowest BCUT2D eigenvalue weighted by Gasteiger charge is -2.16. The summed E-state index contributed by atoms with van der Waals surface area (Å²) in [4.78, 5) is 26.6. The molecule has 2 fully saturated rings. The molecule has 7 nitrogen and oxygen atoms in total. The van der Waals surface area contributed by atoms with Crippen molar-refractivity contribution in [2.24, 2.45) is 11.8 Å². The fourth-order valence-corrected chi connectivity index (χ4v) is 4.39. The Labute approximate surface area is 171 Å². The number of likely N-dealkylation sites (tertiary alicyclic amines) is 1. The highest BCUT2D eigenvalue weighted by molar-refractivity contribution is 5.91. The van der Waals surface area contributed by atoms with Crippen molar-refractivity contribution < 1.29 is 9.59 Å². The fraction of sp³-hybridized carbons (Fsp3) is 0.545. The fourth-order valence-electron chi connectivity index (χ4n) is 4.39. The molecule has 1 saturated heterocycles. The SMILES string of the molecule is O=C(NCC1CC(=O)N(CCc2ccccc2)C1)c1cn(CC2CCCC2)nn1. The van der Waals surface area contributed by atoms with E-state index in [1.807, 2.05) is 23.1 Å². The van der Waals surface area contributed by atoms with Crippen molar-refractivity contribution >= 4 is 11.8 Å². The lowest BCUT2D eigenvalue weighted by Crippen LogP contribution is -2.32. The number of carbonyl (C=O) groups is 2. The van der Waals surface area contributed by atoms with Gasteiger partial charge in [-0.15, -0.1) is 5.10 Å². The Balaban J connectivity index is 1.21. The molecule has 0 bridgehead atoms. The van der Waals surface area contributed by atoms with Gasteiger partial charge in [0.05, 0.1) is 6.20 Å². The molecule has 2 aliphatic rings. The van der Waals surface area contributed by atoms with Gasteiger partial charge in [0.15, 0.2) is 5.69 Å². The molecule has 1 saturated carbocycles. The maximum absolute atomic E-state index is 12.4. The summed E-state index contributed by atoms with van der Waals surface area (Å²) >= 11 is 0. The van der Waals surface area contributed by atoms with Crippen molar-refractivity contribution in [1.29, 1.82) is 0 Å². The van der Waals surface area contributed by atoms with Crippen molar-refractivity contribution in [1.82, 2.24) is 25.2 Å². The molecule has 29 heavy (non-hydrogen) atoms. The van der Waals surface area contributed by atoms with Gasteiger partial charge in [0.1, 0.15) is 0 Å². The highest BCUT2D eigenvalue weighted by Gasteiger charge is 2.29. The molecular formula is C22H29N5O2. The Morgan fingerprint density at radius 2 is 1.93 bits per heavy atom. The number of rotatable bonds is 8. The van der Waals surface area contributed by atoms with Gasteiger partial charge < -0.3 is 10.2 Å². The molecule has 7 heteroatoms. The van der Waals surface area contributed by atoms with Crippen LogP contribution in [0.15, 0.2) is 36.5 Å². The number of hydrogen-bond donors (Lipinski definition) is 1. The topological polar surface area (TPSA) is 80.1 Å². The van der Waals surface area contributed by atoms with E-state index >= 15 is 0 Å². The molecule has 2 aromatic rings. The number of aromatic nitrogens is 3. The summed E-state index contributed by atoms with van der Waals surface area (Å²) in [6.07, 6.45) is 8.12. The van der Waals surface area contributed by atoms with Crippen LogP contribution < -0.4 is 5.32 Å². The average Bonchev–Trinajstić information content (AvgIpc) is 3.48. The summed E-state index contributed by atoms with van der Waals surface area (Å²) in [7, 11) is 0. The standard InChI is InChI=1S/C22H29N5O2/c28-21-12-19(14-26(21)11-10-17-6-2-1-3-7-17)13-23-22(29)20-16-27(25-24-20)15-18-8-4-5-9-18/h1-3,6-7,16,18-19H,4-5,8-15H2,(H,23,29). The Hall–Kier alpha value is -2.70. The minimum atomic E-state index is -0.210. The van der Waals surface area contributed by atoms with Gasteiger partial charge in [-0.2, -0.15) is 0 Å². The van der Waals surface area contributed by atoms with Crippen LogP contribution in [0.5, 0.6) is 0 Å². The molecule has 0 spiro atoms. The van der Waals surface area contributed by atoms with Crippen molar-refractivity contribution in [2.45, 2.75) is 45.1 Å². The molecule has 1 aromatic heterocycles. The first-order chi connectivity index (χ1) is 14.2. The van der Waals surface area contributed by atoms with E-state index in [9.17, 15) is 9.59 Å². The average molecular weight is 396 g/mol. The van der Waals surface area contributed by atoms with Crippen LogP contribution >= 0.6 is 0 Å². The van der Waals surface area contributed by atoms with Gasteiger partial charge in [0, 0.05) is 38.5 Å². The largest absolute Gasteiger partial charge is 0.350 e. The number of carbonyl (C=O) groups excluding carboxylic acids is 2. The Kier molecular flexibility index (Phi) is 6.22. The zero-order valence-electron chi connectivity index (χ0n) is 16.8. The molecule has 2 heterocycles. The summed E-state index contributed by atoms with van der Waals surface area (Å²) in [5.41, 5.74) is 1.59. The van der Waals surface area contributed by atoms with Gasteiger partial charge >= 0.3 is 0 Å². The molecule has 4 rings (SSSR count). The van der Waals surface area contributed by atoms with Crippen molar-refractivity contribution in [3.05, 3.63) is 47.8 Å². The quantitative estimate of drug-likeness (QED) is 0.744. The highest BCUT2D eigenvalue weighted by atomic mass is 16.2. The van der Waals surface area contributed by atoms with Crippen molar-refractivity contribution in [3.63, 3.8) is 0 Å². The van der Waals surface area contributed by atoms with Crippen LogP contribution in [0, 0.1) is 11.8 Å². The smallest absolute Gasteiger partial charge is 0.273 e. The number of benzene rings is 1. The zero-order chi connectivity index (χ0) is 20.1. The number of amides is 2. The lowest BCUT2D eigenvalue weighted by atomic mass is 10.1. The summed E-state index contributed by atoms with van der Waals surface area (Å²) in [5, 5.41) is 11.1. The maximum Gasteiger partial charge on any atom is 0.273 e. The second kappa shape index (κ2) is 9.20. The van der Waals surface area contributed by atoms with Crippen LogP contribution in [0.1, 0.15) is 48.2 Å². The first kappa shape index (κ1) is 19.6. The molecule has 1 aliphatic carbocycles. The first-order valence-electron chi connectivity index (χ1n) is 10.7. The lowest BCUT2D eigenvalue weighted by molar-refractivity contribution is -0.127. The summed E-state index contributed by atoms with van der Waals surface area (Å²) in [5.74, 6) is 0.760. The van der Waals surface area contributed by atoms with Crippen molar-refractivity contribution in [3.8, 4) is 0 Å². The molecule has 1 unspecified atom stereocenters. The summed E-state index contributed by atoms with van der Waals surface area (Å²) < 4.78 is 1.79. The minimum absolute atomic E-state index is 0.149. The van der Waals surface area contributed by atoms with E-state index in [2.05, 4.69) is 27.8 Å². The van der Waals surface area contributed by atoms with Gasteiger partial charge in [0.25, 0.3) is 5.91 Å². The minimum Gasteiger partial charge on any atom is -0.350 e. The molecular weight excluding hydrogens is 366 g/mol. The van der Waals surface area contributed by atoms with E-state index in [4.69, 9.17) is 0 Å². The van der Waals surface area contributed by atoms with E-state index in [0.717, 1.165) is 19.5 Å². The molecule has 154 valence electrons. The normalized spacial score (nSPS) is 19.8. The van der Waals surface area contributed by atoms with E-state index in [1.54, 1.807) is 10.9 Å². The highest BCUT2D eigenvalue weighted by Crippen LogP contribution is 2.25. The van der Waals surface area contributed by atoms with Crippen molar-refractivity contribution in [2.75, 3.05) is 19.6 Å². The Bertz CT molecular complexity index is 829. The predicted octanol–water partition coefficient (Wildman–Crippen LogP) is 2.29. The summed E-state index contributed by atoms with van der Waals surface area (Å²) in [6.45, 7) is 2.75. The van der Waals surface area contributed by atoms with Gasteiger partial charge in [0.2, 0.25) is 5.91 Å². The second-order valence-electron chi connectivity index (χ2n) is 8.33. The second-order valence-corrected chi connectivity index (χ2v) is 8.33. The monoisotopic (exact) mass is 395 g/mol. The zero-order valence-corrected chi connectivity index (χ0v) is 16.8.